The van der Waals surface area contributed by atoms with E-state index in [1.54, 1.807) is 6.54 Å². The van der Waals surface area contributed by atoms with E-state index in [0.29, 0.717) is 6.54 Å². The molecule has 2 N–H and O–H groups in total. The summed E-state index contributed by atoms with van der Waals surface area (Å²) in [7, 11) is 0. The number of rotatable bonds is 4. The fourth-order valence-corrected chi connectivity index (χ4v) is 2.02. The molecular formula is C14H20N3O. The molecule has 1 fully saturated rings. The second-order valence-electron chi connectivity index (χ2n) is 4.50. The normalized spacial score (nSPS) is 17.1. The Morgan fingerprint density at radius 3 is 2.94 bits per heavy atom. The maximum absolute atomic E-state index is 11.8. The molecule has 1 aromatic carbocycles. The second kappa shape index (κ2) is 7.13. The summed E-state index contributed by atoms with van der Waals surface area (Å²) in [4.78, 5) is 14.0. The largest absolute Gasteiger partial charge is 0.346 e. The van der Waals surface area contributed by atoms with Crippen LogP contribution in [-0.2, 0) is 4.79 Å². The van der Waals surface area contributed by atoms with Gasteiger partial charge in [-0.1, -0.05) is 30.3 Å². The maximum atomic E-state index is 11.8. The smallest absolute Gasteiger partial charge is 0.234 e. The van der Waals surface area contributed by atoms with Crippen LogP contribution in [0.1, 0.15) is 12.0 Å². The van der Waals surface area contributed by atoms with Gasteiger partial charge in [-0.05, 0) is 25.1 Å². The fraction of sp³-hybridized carbons (Fsp3) is 0.429. The fourth-order valence-electron chi connectivity index (χ4n) is 2.02. The topological polar surface area (TPSA) is 44.4 Å². The average molecular weight is 246 g/mol. The molecular weight excluding hydrogens is 226 g/mol. The first kappa shape index (κ1) is 13.1. The van der Waals surface area contributed by atoms with Crippen LogP contribution in [0.5, 0.6) is 0 Å². The van der Waals surface area contributed by atoms with Crippen LogP contribution in [0.15, 0.2) is 30.3 Å². The van der Waals surface area contributed by atoms with Crippen LogP contribution >= 0.6 is 0 Å². The van der Waals surface area contributed by atoms with Crippen LogP contribution in [0.2, 0.25) is 0 Å². The first-order chi connectivity index (χ1) is 8.84. The van der Waals surface area contributed by atoms with Crippen molar-refractivity contribution in [1.29, 1.82) is 0 Å². The lowest BCUT2D eigenvalue weighted by Crippen LogP contribution is -2.38. The number of hydrogen-bond acceptors (Lipinski definition) is 3. The summed E-state index contributed by atoms with van der Waals surface area (Å²) < 4.78 is 0. The SMILES string of the molecule is O=C(CN1CCCNCC1)N[CH]c1ccccc1. The van der Waals surface area contributed by atoms with Crippen molar-refractivity contribution < 1.29 is 4.79 Å². The number of nitrogens with one attached hydrogen (secondary N) is 2. The minimum Gasteiger partial charge on any atom is -0.346 e. The lowest BCUT2D eigenvalue weighted by atomic mass is 10.2. The molecule has 0 saturated carbocycles. The van der Waals surface area contributed by atoms with Crippen molar-refractivity contribution in [3.63, 3.8) is 0 Å². The zero-order valence-electron chi connectivity index (χ0n) is 10.6. The van der Waals surface area contributed by atoms with Gasteiger partial charge in [-0.2, -0.15) is 0 Å². The number of benzene rings is 1. The van der Waals surface area contributed by atoms with E-state index in [0.717, 1.165) is 38.2 Å². The first-order valence-corrected chi connectivity index (χ1v) is 6.45. The number of carbonyl (C=O) groups is 1. The minimum atomic E-state index is 0.0563. The molecule has 18 heavy (non-hydrogen) atoms. The maximum Gasteiger partial charge on any atom is 0.234 e. The van der Waals surface area contributed by atoms with Gasteiger partial charge in [0.2, 0.25) is 5.91 Å². The molecule has 0 unspecified atom stereocenters. The third-order valence-electron chi connectivity index (χ3n) is 3.00. The molecule has 1 amide bonds. The van der Waals surface area contributed by atoms with Crippen molar-refractivity contribution in [3.8, 4) is 0 Å². The second-order valence-corrected chi connectivity index (χ2v) is 4.50. The van der Waals surface area contributed by atoms with Gasteiger partial charge < -0.3 is 10.6 Å². The Bertz CT molecular complexity index is 359. The Kier molecular flexibility index (Phi) is 5.17. The van der Waals surface area contributed by atoms with Gasteiger partial charge >= 0.3 is 0 Å². The molecule has 0 aromatic heterocycles. The minimum absolute atomic E-state index is 0.0563. The molecule has 1 aliphatic rings. The standard InChI is InChI=1S/C14H20N3O/c18-14(12-17-9-4-7-15-8-10-17)16-11-13-5-2-1-3-6-13/h1-3,5-6,11,15H,4,7-10,12H2,(H,16,18). The quantitative estimate of drug-likeness (QED) is 0.818. The van der Waals surface area contributed by atoms with Gasteiger partial charge in [0.15, 0.2) is 0 Å². The van der Waals surface area contributed by atoms with Gasteiger partial charge in [-0.3, -0.25) is 9.69 Å². The number of nitrogens with zero attached hydrogens (tertiary/aromatic N) is 1. The van der Waals surface area contributed by atoms with Crippen LogP contribution in [0, 0.1) is 6.54 Å². The van der Waals surface area contributed by atoms with Gasteiger partial charge in [-0.15, -0.1) is 0 Å². The van der Waals surface area contributed by atoms with Gasteiger partial charge in [0.05, 0.1) is 13.1 Å². The summed E-state index contributed by atoms with van der Waals surface area (Å²) in [5.74, 6) is 0.0563. The van der Waals surface area contributed by atoms with Crippen LogP contribution in [0.3, 0.4) is 0 Å². The van der Waals surface area contributed by atoms with E-state index in [4.69, 9.17) is 0 Å². The van der Waals surface area contributed by atoms with Crippen LogP contribution in [0.4, 0.5) is 0 Å². The van der Waals surface area contributed by atoms with E-state index in [1.807, 2.05) is 30.3 Å². The lowest BCUT2D eigenvalue weighted by Gasteiger charge is -2.18. The molecule has 0 aliphatic carbocycles. The number of carbonyl (C=O) groups excluding carboxylic acids is 1. The molecule has 1 heterocycles. The zero-order chi connectivity index (χ0) is 12.6. The van der Waals surface area contributed by atoms with E-state index in [-0.39, 0.29) is 5.91 Å². The molecule has 1 radical (unpaired) electrons. The monoisotopic (exact) mass is 246 g/mol. The van der Waals surface area contributed by atoms with E-state index < -0.39 is 0 Å². The third kappa shape index (κ3) is 4.47. The molecule has 1 aromatic rings. The molecule has 1 aliphatic heterocycles. The highest BCUT2D eigenvalue weighted by atomic mass is 16.2. The Morgan fingerprint density at radius 1 is 1.28 bits per heavy atom. The van der Waals surface area contributed by atoms with Crippen molar-refractivity contribution in [3.05, 3.63) is 42.4 Å². The Morgan fingerprint density at radius 2 is 2.11 bits per heavy atom. The summed E-state index contributed by atoms with van der Waals surface area (Å²) in [5, 5.41) is 6.17. The highest BCUT2D eigenvalue weighted by Crippen LogP contribution is 1.99. The summed E-state index contributed by atoms with van der Waals surface area (Å²) in [6.07, 6.45) is 1.11. The highest BCUT2D eigenvalue weighted by Gasteiger charge is 2.12. The van der Waals surface area contributed by atoms with E-state index in [1.165, 1.54) is 0 Å². The summed E-state index contributed by atoms with van der Waals surface area (Å²) in [5.41, 5.74) is 1.02. The summed E-state index contributed by atoms with van der Waals surface area (Å²) in [6, 6.07) is 9.81. The number of hydrogen-bond donors (Lipinski definition) is 2. The van der Waals surface area contributed by atoms with Crippen molar-refractivity contribution in [2.75, 3.05) is 32.7 Å². The Balaban J connectivity index is 1.71. The molecule has 4 heteroatoms. The molecule has 0 atom stereocenters. The lowest BCUT2D eigenvalue weighted by molar-refractivity contribution is -0.121. The predicted octanol–water partition coefficient (Wildman–Crippen LogP) is 0.608. The van der Waals surface area contributed by atoms with Gasteiger partial charge in [0.1, 0.15) is 0 Å². The van der Waals surface area contributed by atoms with E-state index in [9.17, 15) is 4.79 Å². The molecule has 0 bridgehead atoms. The predicted molar refractivity (Wildman–Crippen MR) is 71.9 cm³/mol. The van der Waals surface area contributed by atoms with Gasteiger partial charge in [0, 0.05) is 13.1 Å². The van der Waals surface area contributed by atoms with Crippen LogP contribution < -0.4 is 10.6 Å². The first-order valence-electron chi connectivity index (χ1n) is 6.45. The Hall–Kier alpha value is -1.39. The molecule has 2 rings (SSSR count). The van der Waals surface area contributed by atoms with Gasteiger partial charge in [-0.25, -0.2) is 0 Å². The van der Waals surface area contributed by atoms with Crippen LogP contribution in [-0.4, -0.2) is 43.5 Å². The van der Waals surface area contributed by atoms with Gasteiger partial charge in [0.25, 0.3) is 0 Å². The summed E-state index contributed by atoms with van der Waals surface area (Å²) in [6.45, 7) is 6.19. The molecule has 97 valence electrons. The highest BCUT2D eigenvalue weighted by molar-refractivity contribution is 5.79. The molecule has 0 spiro atoms. The zero-order valence-corrected chi connectivity index (χ0v) is 10.6. The van der Waals surface area contributed by atoms with Crippen LogP contribution in [0.25, 0.3) is 0 Å². The Labute approximate surface area is 108 Å². The van der Waals surface area contributed by atoms with Crippen molar-refractivity contribution in [2.45, 2.75) is 6.42 Å². The molecule has 4 nitrogen and oxygen atoms in total. The average Bonchev–Trinajstić information content (AvgIpc) is 2.66. The van der Waals surface area contributed by atoms with E-state index >= 15 is 0 Å². The van der Waals surface area contributed by atoms with E-state index in [2.05, 4.69) is 15.5 Å². The third-order valence-corrected chi connectivity index (χ3v) is 3.00. The number of amides is 1. The molecule has 1 saturated heterocycles. The van der Waals surface area contributed by atoms with Crippen molar-refractivity contribution in [1.82, 2.24) is 15.5 Å². The van der Waals surface area contributed by atoms with Crippen molar-refractivity contribution in [2.24, 2.45) is 0 Å². The summed E-state index contributed by atoms with van der Waals surface area (Å²) >= 11 is 0. The van der Waals surface area contributed by atoms with Crippen molar-refractivity contribution >= 4 is 5.91 Å².